The summed E-state index contributed by atoms with van der Waals surface area (Å²) >= 11 is 0. The van der Waals surface area contributed by atoms with Gasteiger partial charge in [-0.3, -0.25) is 14.3 Å². The minimum absolute atomic E-state index is 0.136. The summed E-state index contributed by atoms with van der Waals surface area (Å²) in [7, 11) is 3.24. The zero-order valence-electron chi connectivity index (χ0n) is 20.3. The Bertz CT molecular complexity index is 1250. The molecule has 2 amide bonds. The predicted octanol–water partition coefficient (Wildman–Crippen LogP) is 2.34. The first-order valence-corrected chi connectivity index (χ1v) is 12.0. The molecule has 34 heavy (non-hydrogen) atoms. The number of likely N-dealkylation sites (tertiary alicyclic amines) is 1. The molecule has 180 valence electrons. The molecule has 0 radical (unpaired) electrons. The first-order valence-electron chi connectivity index (χ1n) is 12.0. The van der Waals surface area contributed by atoms with Crippen LogP contribution in [0.4, 0.5) is 5.82 Å². The zero-order valence-corrected chi connectivity index (χ0v) is 20.3. The van der Waals surface area contributed by atoms with Crippen LogP contribution in [0.2, 0.25) is 0 Å². The standard InChI is InChI=1S/C24H32N8O2/c1-15-8-10-30(13-15)22-16(2)14-32-21(26-22)12-17(28-32)19-7-5-6-9-31(19)24(34)20-11-18(23(33)25-3)27-29(20)4/h11-12,14-15,19H,5-10,13H2,1-4H3,(H,25,33)/t15-,19-/m0/s1. The van der Waals surface area contributed by atoms with E-state index in [1.165, 1.54) is 11.1 Å². The van der Waals surface area contributed by atoms with Gasteiger partial charge in [-0.1, -0.05) is 6.92 Å². The van der Waals surface area contributed by atoms with Crippen molar-refractivity contribution in [2.24, 2.45) is 13.0 Å². The molecule has 3 aromatic rings. The van der Waals surface area contributed by atoms with Gasteiger partial charge in [-0.15, -0.1) is 0 Å². The van der Waals surface area contributed by atoms with Crippen molar-refractivity contribution in [3.05, 3.63) is 41.0 Å². The molecular weight excluding hydrogens is 432 g/mol. The van der Waals surface area contributed by atoms with E-state index < -0.39 is 0 Å². The van der Waals surface area contributed by atoms with Gasteiger partial charge >= 0.3 is 0 Å². The second-order valence-electron chi connectivity index (χ2n) is 9.59. The van der Waals surface area contributed by atoms with Crippen molar-refractivity contribution in [3.8, 4) is 0 Å². The summed E-state index contributed by atoms with van der Waals surface area (Å²) in [4.78, 5) is 34.7. The van der Waals surface area contributed by atoms with E-state index in [1.54, 1.807) is 20.2 Å². The third-order valence-corrected chi connectivity index (χ3v) is 7.01. The van der Waals surface area contributed by atoms with Crippen molar-refractivity contribution in [1.82, 2.24) is 34.6 Å². The SMILES string of the molecule is CNC(=O)c1cc(C(=O)N2CCCC[C@H]2c2cc3nc(N4CC[C@H](C)C4)c(C)cn3n2)n(C)n1. The van der Waals surface area contributed by atoms with Crippen LogP contribution in [-0.4, -0.2) is 67.8 Å². The third kappa shape index (κ3) is 3.91. The molecule has 0 aromatic carbocycles. The van der Waals surface area contributed by atoms with Crippen LogP contribution >= 0.6 is 0 Å². The van der Waals surface area contributed by atoms with Crippen molar-refractivity contribution < 1.29 is 9.59 Å². The minimum atomic E-state index is -0.310. The minimum Gasteiger partial charge on any atom is -0.356 e. The van der Waals surface area contributed by atoms with Crippen LogP contribution in [0.1, 0.15) is 70.9 Å². The van der Waals surface area contributed by atoms with Gasteiger partial charge in [-0.05, 0) is 38.5 Å². The zero-order chi connectivity index (χ0) is 24.0. The Hall–Kier alpha value is -3.43. The lowest BCUT2D eigenvalue weighted by molar-refractivity contribution is 0.0594. The maximum atomic E-state index is 13.5. The normalized spacial score (nSPS) is 20.8. The number of nitrogens with zero attached hydrogens (tertiary/aromatic N) is 7. The van der Waals surface area contributed by atoms with E-state index in [-0.39, 0.29) is 23.6 Å². The van der Waals surface area contributed by atoms with Gasteiger partial charge in [-0.25, -0.2) is 9.50 Å². The van der Waals surface area contributed by atoms with Gasteiger partial charge in [0, 0.05) is 57.6 Å². The number of aromatic nitrogens is 5. The maximum absolute atomic E-state index is 13.5. The Kier molecular flexibility index (Phi) is 5.75. The van der Waals surface area contributed by atoms with Gasteiger partial charge < -0.3 is 15.1 Å². The Morgan fingerprint density at radius 3 is 2.68 bits per heavy atom. The largest absolute Gasteiger partial charge is 0.356 e. The summed E-state index contributed by atoms with van der Waals surface area (Å²) in [6.07, 6.45) is 6.03. The topological polar surface area (TPSA) is 101 Å². The van der Waals surface area contributed by atoms with Crippen LogP contribution < -0.4 is 10.2 Å². The van der Waals surface area contributed by atoms with E-state index in [0.29, 0.717) is 18.2 Å². The molecule has 5 rings (SSSR count). The molecule has 0 bridgehead atoms. The average molecular weight is 465 g/mol. The number of hydrogen-bond donors (Lipinski definition) is 1. The van der Waals surface area contributed by atoms with Crippen molar-refractivity contribution in [1.29, 1.82) is 0 Å². The third-order valence-electron chi connectivity index (χ3n) is 7.01. The number of fused-ring (bicyclic) bond motifs is 1. The molecule has 1 N–H and O–H groups in total. The number of hydrogen-bond acceptors (Lipinski definition) is 6. The number of carbonyl (C=O) groups excluding carboxylic acids is 2. The second kappa shape index (κ2) is 8.73. The fraction of sp³-hybridized carbons (Fsp3) is 0.542. The van der Waals surface area contributed by atoms with Crippen LogP contribution in [0.25, 0.3) is 5.65 Å². The highest BCUT2D eigenvalue weighted by Gasteiger charge is 2.33. The molecule has 3 aromatic heterocycles. The van der Waals surface area contributed by atoms with E-state index in [9.17, 15) is 9.59 Å². The molecule has 0 unspecified atom stereocenters. The highest BCUT2D eigenvalue weighted by Crippen LogP contribution is 2.33. The number of carbonyl (C=O) groups is 2. The van der Waals surface area contributed by atoms with E-state index in [4.69, 9.17) is 10.1 Å². The van der Waals surface area contributed by atoms with E-state index in [2.05, 4.69) is 29.2 Å². The molecule has 2 fully saturated rings. The smallest absolute Gasteiger partial charge is 0.272 e. The average Bonchev–Trinajstić information content (AvgIpc) is 3.55. The summed E-state index contributed by atoms with van der Waals surface area (Å²) in [6.45, 7) is 7.05. The summed E-state index contributed by atoms with van der Waals surface area (Å²) in [5, 5.41) is 11.6. The van der Waals surface area contributed by atoms with Crippen LogP contribution in [0.15, 0.2) is 18.3 Å². The summed E-state index contributed by atoms with van der Waals surface area (Å²) in [5.41, 5.74) is 3.38. The quantitative estimate of drug-likeness (QED) is 0.636. The molecule has 2 saturated heterocycles. The van der Waals surface area contributed by atoms with E-state index in [1.807, 2.05) is 21.7 Å². The Balaban J connectivity index is 1.46. The lowest BCUT2D eigenvalue weighted by Gasteiger charge is -2.34. The lowest BCUT2D eigenvalue weighted by Crippen LogP contribution is -2.39. The second-order valence-corrected chi connectivity index (χ2v) is 9.59. The predicted molar refractivity (Wildman–Crippen MR) is 128 cm³/mol. The molecule has 2 aliphatic rings. The summed E-state index contributed by atoms with van der Waals surface area (Å²) < 4.78 is 3.31. The Labute approximate surface area is 198 Å². The summed E-state index contributed by atoms with van der Waals surface area (Å²) in [6, 6.07) is 3.43. The van der Waals surface area contributed by atoms with E-state index in [0.717, 1.165) is 55.1 Å². The molecular formula is C24H32N8O2. The van der Waals surface area contributed by atoms with Gasteiger partial charge in [0.2, 0.25) is 0 Å². The van der Waals surface area contributed by atoms with Gasteiger partial charge in [0.15, 0.2) is 11.3 Å². The van der Waals surface area contributed by atoms with Crippen molar-refractivity contribution >= 4 is 23.3 Å². The fourth-order valence-corrected chi connectivity index (χ4v) is 5.17. The van der Waals surface area contributed by atoms with E-state index >= 15 is 0 Å². The van der Waals surface area contributed by atoms with Crippen molar-refractivity contribution in [3.63, 3.8) is 0 Å². The number of anilines is 1. The van der Waals surface area contributed by atoms with Crippen LogP contribution in [0.3, 0.4) is 0 Å². The molecule has 10 nitrogen and oxygen atoms in total. The van der Waals surface area contributed by atoms with Gasteiger partial charge in [-0.2, -0.15) is 10.2 Å². The van der Waals surface area contributed by atoms with Crippen molar-refractivity contribution in [2.45, 2.75) is 45.6 Å². The monoisotopic (exact) mass is 464 g/mol. The number of aryl methyl sites for hydroxylation is 2. The summed E-state index contributed by atoms with van der Waals surface area (Å²) in [5.74, 6) is 1.25. The first kappa shape index (κ1) is 22.4. The van der Waals surface area contributed by atoms with Crippen LogP contribution in [-0.2, 0) is 7.05 Å². The molecule has 0 spiro atoms. The maximum Gasteiger partial charge on any atom is 0.272 e. The molecule has 10 heteroatoms. The first-order chi connectivity index (χ1) is 16.4. The highest BCUT2D eigenvalue weighted by atomic mass is 16.2. The van der Waals surface area contributed by atoms with Crippen LogP contribution in [0.5, 0.6) is 0 Å². The lowest BCUT2D eigenvalue weighted by atomic mass is 9.99. The number of amides is 2. The molecule has 2 aliphatic heterocycles. The highest BCUT2D eigenvalue weighted by molar-refractivity contribution is 5.98. The van der Waals surface area contributed by atoms with Gasteiger partial charge in [0.25, 0.3) is 11.8 Å². The fourth-order valence-electron chi connectivity index (χ4n) is 5.17. The van der Waals surface area contributed by atoms with Gasteiger partial charge in [0.05, 0.1) is 11.7 Å². The molecule has 2 atom stereocenters. The molecule has 0 saturated carbocycles. The number of rotatable bonds is 4. The molecule has 0 aliphatic carbocycles. The Morgan fingerprint density at radius 2 is 1.94 bits per heavy atom. The Morgan fingerprint density at radius 1 is 1.12 bits per heavy atom. The molecule has 5 heterocycles. The van der Waals surface area contributed by atoms with Crippen molar-refractivity contribution in [2.75, 3.05) is 31.6 Å². The number of piperidine rings is 1. The van der Waals surface area contributed by atoms with Crippen LogP contribution in [0, 0.1) is 12.8 Å². The number of nitrogens with one attached hydrogen (secondary N) is 1. The van der Waals surface area contributed by atoms with Gasteiger partial charge in [0.1, 0.15) is 11.5 Å².